The lowest BCUT2D eigenvalue weighted by atomic mass is 10.2. The molecule has 0 fully saturated rings. The summed E-state index contributed by atoms with van der Waals surface area (Å²) in [4.78, 5) is 12.4. The number of hydrogen-bond donors (Lipinski definition) is 1. The number of hydrogen-bond acceptors (Lipinski definition) is 4. The van der Waals surface area contributed by atoms with Crippen LogP contribution in [-0.4, -0.2) is 17.3 Å². The molecule has 1 aromatic rings. The number of carbonyl (C=O) groups excluding carboxylic acids is 1. The normalized spacial score (nSPS) is 11.4. The summed E-state index contributed by atoms with van der Waals surface area (Å²) in [7, 11) is 0. The van der Waals surface area contributed by atoms with Crippen LogP contribution in [0.4, 0.5) is 4.39 Å². The molecule has 5 heteroatoms. The van der Waals surface area contributed by atoms with Crippen LogP contribution in [0, 0.1) is 5.82 Å². The largest absolute Gasteiger partial charge is 0.459 e. The quantitative estimate of drug-likeness (QED) is 0.676. The predicted molar refractivity (Wildman–Crippen MR) is 70.9 cm³/mol. The van der Waals surface area contributed by atoms with Crippen LogP contribution in [0.15, 0.2) is 23.1 Å². The first kappa shape index (κ1) is 15.0. The van der Waals surface area contributed by atoms with Crippen molar-refractivity contribution in [2.75, 3.05) is 5.75 Å². The molecule has 0 bridgehead atoms. The Morgan fingerprint density at radius 1 is 1.44 bits per heavy atom. The molecule has 0 amide bonds. The van der Waals surface area contributed by atoms with Crippen molar-refractivity contribution in [1.29, 1.82) is 0 Å². The molecule has 0 unspecified atom stereocenters. The molecular formula is C13H18FNO2S. The van der Waals surface area contributed by atoms with Gasteiger partial charge >= 0.3 is 5.97 Å². The van der Waals surface area contributed by atoms with Crippen LogP contribution in [0.2, 0.25) is 0 Å². The summed E-state index contributed by atoms with van der Waals surface area (Å²) in [5.74, 6) is -0.424. The second kappa shape index (κ2) is 6.20. The van der Waals surface area contributed by atoms with Crippen LogP contribution in [0.25, 0.3) is 0 Å². The van der Waals surface area contributed by atoms with Crippen LogP contribution in [-0.2, 0) is 16.1 Å². The molecule has 18 heavy (non-hydrogen) atoms. The summed E-state index contributed by atoms with van der Waals surface area (Å²) < 4.78 is 18.2. The molecule has 1 aromatic carbocycles. The number of ether oxygens (including phenoxy) is 1. The van der Waals surface area contributed by atoms with Gasteiger partial charge in [0.25, 0.3) is 0 Å². The SMILES string of the molecule is CC(C)(C)OC(=O)CSc1ccc(F)cc1CN. The van der Waals surface area contributed by atoms with Crippen LogP contribution < -0.4 is 5.73 Å². The lowest BCUT2D eigenvalue weighted by Gasteiger charge is -2.19. The Labute approximate surface area is 111 Å². The number of thioether (sulfide) groups is 1. The third kappa shape index (κ3) is 5.06. The average molecular weight is 271 g/mol. The van der Waals surface area contributed by atoms with E-state index in [0.29, 0.717) is 5.56 Å². The molecule has 3 nitrogen and oxygen atoms in total. The molecule has 0 atom stereocenters. The number of benzene rings is 1. The lowest BCUT2D eigenvalue weighted by Crippen LogP contribution is -2.24. The van der Waals surface area contributed by atoms with E-state index in [0.717, 1.165) is 4.90 Å². The monoisotopic (exact) mass is 271 g/mol. The lowest BCUT2D eigenvalue weighted by molar-refractivity contribution is -0.151. The minimum atomic E-state index is -0.489. The highest BCUT2D eigenvalue weighted by atomic mass is 32.2. The van der Waals surface area contributed by atoms with Gasteiger partial charge in [-0.15, -0.1) is 11.8 Å². The van der Waals surface area contributed by atoms with Gasteiger partial charge in [-0.1, -0.05) is 0 Å². The van der Waals surface area contributed by atoms with E-state index in [9.17, 15) is 9.18 Å². The van der Waals surface area contributed by atoms with E-state index in [2.05, 4.69) is 0 Å². The van der Waals surface area contributed by atoms with E-state index < -0.39 is 5.60 Å². The van der Waals surface area contributed by atoms with Gasteiger partial charge in [0.15, 0.2) is 0 Å². The zero-order chi connectivity index (χ0) is 13.8. The summed E-state index contributed by atoms with van der Waals surface area (Å²) in [6.07, 6.45) is 0. The summed E-state index contributed by atoms with van der Waals surface area (Å²) in [5.41, 5.74) is 5.74. The highest BCUT2D eigenvalue weighted by molar-refractivity contribution is 8.00. The highest BCUT2D eigenvalue weighted by Gasteiger charge is 2.16. The fourth-order valence-electron chi connectivity index (χ4n) is 1.36. The van der Waals surface area contributed by atoms with Gasteiger partial charge in [-0.2, -0.15) is 0 Å². The van der Waals surface area contributed by atoms with Gasteiger partial charge in [0, 0.05) is 11.4 Å². The topological polar surface area (TPSA) is 52.3 Å². The van der Waals surface area contributed by atoms with Gasteiger partial charge in [0.1, 0.15) is 11.4 Å². The van der Waals surface area contributed by atoms with E-state index >= 15 is 0 Å². The Balaban J connectivity index is 2.61. The zero-order valence-corrected chi connectivity index (χ0v) is 11.6. The van der Waals surface area contributed by atoms with Crippen molar-refractivity contribution in [3.8, 4) is 0 Å². The first-order chi connectivity index (χ1) is 8.31. The maximum Gasteiger partial charge on any atom is 0.316 e. The van der Waals surface area contributed by atoms with Crippen molar-refractivity contribution >= 4 is 17.7 Å². The van der Waals surface area contributed by atoms with E-state index in [1.807, 2.05) is 20.8 Å². The Morgan fingerprint density at radius 2 is 2.11 bits per heavy atom. The molecule has 0 saturated heterocycles. The van der Waals surface area contributed by atoms with Crippen molar-refractivity contribution in [3.63, 3.8) is 0 Å². The number of esters is 1. The molecule has 0 heterocycles. The second-order valence-electron chi connectivity index (χ2n) is 4.83. The van der Waals surface area contributed by atoms with Crippen LogP contribution in [0.1, 0.15) is 26.3 Å². The van der Waals surface area contributed by atoms with Gasteiger partial charge in [0.2, 0.25) is 0 Å². The Morgan fingerprint density at radius 3 is 2.67 bits per heavy atom. The number of nitrogens with two attached hydrogens (primary N) is 1. The van der Waals surface area contributed by atoms with Crippen LogP contribution in [0.5, 0.6) is 0 Å². The molecule has 1 rings (SSSR count). The van der Waals surface area contributed by atoms with Gasteiger partial charge in [0.05, 0.1) is 5.75 Å². The van der Waals surface area contributed by atoms with E-state index in [1.165, 1.54) is 23.9 Å². The van der Waals surface area contributed by atoms with Crippen molar-refractivity contribution in [1.82, 2.24) is 0 Å². The molecular weight excluding hydrogens is 253 g/mol. The smallest absolute Gasteiger partial charge is 0.316 e. The fourth-order valence-corrected chi connectivity index (χ4v) is 2.18. The predicted octanol–water partition coefficient (Wildman–Crippen LogP) is 2.72. The number of rotatable bonds is 4. The molecule has 0 aromatic heterocycles. The minimum absolute atomic E-state index is 0.190. The number of carbonyl (C=O) groups is 1. The van der Waals surface area contributed by atoms with Crippen LogP contribution >= 0.6 is 11.8 Å². The molecule has 0 aliphatic rings. The summed E-state index contributed by atoms with van der Waals surface area (Å²) in [6.45, 7) is 5.70. The molecule has 0 aliphatic heterocycles. The summed E-state index contributed by atoms with van der Waals surface area (Å²) in [5, 5.41) is 0. The third-order valence-corrected chi connectivity index (χ3v) is 3.10. The Hall–Kier alpha value is -1.07. The van der Waals surface area contributed by atoms with E-state index in [1.54, 1.807) is 6.07 Å². The van der Waals surface area contributed by atoms with Crippen molar-refractivity contribution in [3.05, 3.63) is 29.6 Å². The molecule has 100 valence electrons. The van der Waals surface area contributed by atoms with E-state index in [4.69, 9.17) is 10.5 Å². The number of halogens is 1. The van der Waals surface area contributed by atoms with E-state index in [-0.39, 0.29) is 24.1 Å². The van der Waals surface area contributed by atoms with Gasteiger partial charge in [-0.3, -0.25) is 4.79 Å². The Kier molecular flexibility index (Phi) is 5.16. The summed E-state index contributed by atoms with van der Waals surface area (Å²) in [6, 6.07) is 4.38. The van der Waals surface area contributed by atoms with Crippen molar-refractivity contribution in [2.45, 2.75) is 37.8 Å². The Bertz CT molecular complexity index is 429. The maximum atomic E-state index is 13.0. The fraction of sp³-hybridized carbons (Fsp3) is 0.462. The minimum Gasteiger partial charge on any atom is -0.459 e. The second-order valence-corrected chi connectivity index (χ2v) is 5.85. The van der Waals surface area contributed by atoms with Gasteiger partial charge < -0.3 is 10.5 Å². The zero-order valence-electron chi connectivity index (χ0n) is 10.8. The first-order valence-electron chi connectivity index (χ1n) is 5.65. The summed E-state index contributed by atoms with van der Waals surface area (Å²) >= 11 is 1.31. The molecule has 0 aliphatic carbocycles. The van der Waals surface area contributed by atoms with Gasteiger partial charge in [-0.05, 0) is 44.5 Å². The molecule has 0 spiro atoms. The molecule has 0 radical (unpaired) electrons. The third-order valence-electron chi connectivity index (χ3n) is 2.01. The van der Waals surface area contributed by atoms with Gasteiger partial charge in [-0.25, -0.2) is 4.39 Å². The molecule has 2 N–H and O–H groups in total. The van der Waals surface area contributed by atoms with Crippen LogP contribution in [0.3, 0.4) is 0 Å². The van der Waals surface area contributed by atoms with Crippen molar-refractivity contribution < 1.29 is 13.9 Å². The van der Waals surface area contributed by atoms with Crippen molar-refractivity contribution in [2.24, 2.45) is 5.73 Å². The average Bonchev–Trinajstić information content (AvgIpc) is 2.24. The first-order valence-corrected chi connectivity index (χ1v) is 6.63. The molecule has 0 saturated carbocycles. The maximum absolute atomic E-state index is 13.0. The highest BCUT2D eigenvalue weighted by Crippen LogP contribution is 2.24. The standard InChI is InChI=1S/C13H18FNO2S/c1-13(2,3)17-12(16)8-18-11-5-4-10(14)6-9(11)7-15/h4-6H,7-8,15H2,1-3H3.